The highest BCUT2D eigenvalue weighted by Gasteiger charge is 2.18. The first kappa shape index (κ1) is 14.7. The van der Waals surface area contributed by atoms with Gasteiger partial charge in [0.25, 0.3) is 5.78 Å². The average molecular weight is 325 g/mol. The Kier molecular flexibility index (Phi) is 3.86. The van der Waals surface area contributed by atoms with E-state index in [2.05, 4.69) is 25.4 Å². The summed E-state index contributed by atoms with van der Waals surface area (Å²) in [7, 11) is 0. The van der Waals surface area contributed by atoms with Gasteiger partial charge in [-0.05, 0) is 25.0 Å². The number of nitrogen functional groups attached to an aromatic ring is 1. The van der Waals surface area contributed by atoms with Crippen molar-refractivity contribution in [3.8, 4) is 11.8 Å². The molecule has 3 aromatic rings. The lowest BCUT2D eigenvalue weighted by atomic mass is 9.96. The number of para-hydroxylation sites is 1. The summed E-state index contributed by atoms with van der Waals surface area (Å²) in [5.74, 6) is 1.75. The molecule has 0 bridgehead atoms. The van der Waals surface area contributed by atoms with Gasteiger partial charge >= 0.3 is 6.01 Å². The summed E-state index contributed by atoms with van der Waals surface area (Å²) >= 11 is 0. The van der Waals surface area contributed by atoms with E-state index in [1.807, 2.05) is 30.3 Å². The van der Waals surface area contributed by atoms with Gasteiger partial charge in [0.2, 0.25) is 11.9 Å². The second kappa shape index (κ2) is 6.31. The first-order valence-electron chi connectivity index (χ1n) is 8.18. The van der Waals surface area contributed by atoms with E-state index in [0.29, 0.717) is 23.5 Å². The molecule has 0 spiro atoms. The molecule has 8 nitrogen and oxygen atoms in total. The van der Waals surface area contributed by atoms with Crippen molar-refractivity contribution in [3.05, 3.63) is 30.3 Å². The van der Waals surface area contributed by atoms with E-state index in [-0.39, 0.29) is 12.0 Å². The number of nitrogens with two attached hydrogens (primary N) is 1. The van der Waals surface area contributed by atoms with Crippen LogP contribution in [0, 0.1) is 0 Å². The van der Waals surface area contributed by atoms with Crippen molar-refractivity contribution >= 4 is 17.7 Å². The molecule has 1 aromatic carbocycles. The van der Waals surface area contributed by atoms with E-state index < -0.39 is 0 Å². The smallest absolute Gasteiger partial charge is 0.343 e. The topological polar surface area (TPSA) is 103 Å². The Morgan fingerprint density at radius 1 is 1.04 bits per heavy atom. The van der Waals surface area contributed by atoms with Gasteiger partial charge in [-0.3, -0.25) is 0 Å². The second-order valence-corrected chi connectivity index (χ2v) is 5.91. The largest absolute Gasteiger partial charge is 0.423 e. The van der Waals surface area contributed by atoms with Crippen LogP contribution in [0.4, 0.5) is 11.9 Å². The van der Waals surface area contributed by atoms with Crippen LogP contribution in [0.5, 0.6) is 11.8 Å². The molecular weight excluding hydrogens is 306 g/mol. The molecule has 3 N–H and O–H groups in total. The van der Waals surface area contributed by atoms with Crippen molar-refractivity contribution in [2.75, 3.05) is 11.1 Å². The number of hydrogen-bond donors (Lipinski definition) is 2. The Balaban J connectivity index is 1.63. The van der Waals surface area contributed by atoms with Crippen LogP contribution in [0.1, 0.15) is 32.1 Å². The maximum Gasteiger partial charge on any atom is 0.343 e. The van der Waals surface area contributed by atoms with Crippen molar-refractivity contribution in [1.82, 2.24) is 24.6 Å². The zero-order valence-electron chi connectivity index (χ0n) is 13.2. The third-order valence-electron chi connectivity index (χ3n) is 4.10. The van der Waals surface area contributed by atoms with Crippen LogP contribution in [-0.4, -0.2) is 30.6 Å². The number of rotatable bonds is 4. The lowest BCUT2D eigenvalue weighted by molar-refractivity contribution is 0.441. The van der Waals surface area contributed by atoms with Crippen LogP contribution in [0.25, 0.3) is 5.78 Å². The van der Waals surface area contributed by atoms with E-state index in [9.17, 15) is 0 Å². The molecule has 0 saturated heterocycles. The summed E-state index contributed by atoms with van der Waals surface area (Å²) in [5.41, 5.74) is 5.81. The fourth-order valence-corrected chi connectivity index (χ4v) is 2.94. The number of ether oxygens (including phenoxy) is 1. The molecule has 8 heteroatoms. The lowest BCUT2D eigenvalue weighted by Gasteiger charge is -2.23. The summed E-state index contributed by atoms with van der Waals surface area (Å²) in [6.07, 6.45) is 5.97. The predicted molar refractivity (Wildman–Crippen MR) is 90.0 cm³/mol. The number of nitrogens with one attached hydrogen (secondary N) is 1. The molecule has 0 amide bonds. The minimum atomic E-state index is 0.166. The van der Waals surface area contributed by atoms with Gasteiger partial charge in [0, 0.05) is 6.04 Å². The first-order valence-corrected chi connectivity index (χ1v) is 8.18. The summed E-state index contributed by atoms with van der Waals surface area (Å²) in [4.78, 5) is 12.7. The van der Waals surface area contributed by atoms with Gasteiger partial charge in [0.05, 0.1) is 0 Å². The molecule has 1 fully saturated rings. The van der Waals surface area contributed by atoms with E-state index in [1.165, 1.54) is 19.3 Å². The molecule has 1 saturated carbocycles. The van der Waals surface area contributed by atoms with Crippen molar-refractivity contribution in [2.24, 2.45) is 0 Å². The third kappa shape index (κ3) is 3.08. The average Bonchev–Trinajstić information content (AvgIpc) is 2.99. The van der Waals surface area contributed by atoms with Crippen LogP contribution in [0.15, 0.2) is 30.3 Å². The van der Waals surface area contributed by atoms with Gasteiger partial charge in [0.15, 0.2) is 0 Å². The number of anilines is 2. The van der Waals surface area contributed by atoms with Crippen LogP contribution in [-0.2, 0) is 0 Å². The number of fused-ring (bicyclic) bond motifs is 1. The Morgan fingerprint density at radius 3 is 2.62 bits per heavy atom. The van der Waals surface area contributed by atoms with Crippen LogP contribution >= 0.6 is 0 Å². The van der Waals surface area contributed by atoms with Crippen molar-refractivity contribution in [2.45, 2.75) is 38.1 Å². The third-order valence-corrected chi connectivity index (χ3v) is 4.10. The van der Waals surface area contributed by atoms with E-state index in [1.54, 1.807) is 4.52 Å². The Hall–Kier alpha value is -2.90. The molecule has 1 aliphatic rings. The van der Waals surface area contributed by atoms with Crippen molar-refractivity contribution in [1.29, 1.82) is 0 Å². The molecule has 24 heavy (non-hydrogen) atoms. The lowest BCUT2D eigenvalue weighted by Crippen LogP contribution is -2.25. The van der Waals surface area contributed by atoms with E-state index in [4.69, 9.17) is 10.5 Å². The number of hydrogen-bond acceptors (Lipinski definition) is 7. The molecular formula is C16H19N7O. The van der Waals surface area contributed by atoms with E-state index >= 15 is 0 Å². The van der Waals surface area contributed by atoms with Gasteiger partial charge in [-0.25, -0.2) is 0 Å². The van der Waals surface area contributed by atoms with Crippen LogP contribution in [0.2, 0.25) is 0 Å². The highest BCUT2D eigenvalue weighted by atomic mass is 16.5. The fourth-order valence-electron chi connectivity index (χ4n) is 2.94. The highest BCUT2D eigenvalue weighted by Crippen LogP contribution is 2.23. The monoisotopic (exact) mass is 325 g/mol. The fraction of sp³-hybridized carbons (Fsp3) is 0.375. The van der Waals surface area contributed by atoms with Gasteiger partial charge in [-0.2, -0.15) is 19.5 Å². The number of benzene rings is 1. The first-order chi connectivity index (χ1) is 11.8. The Labute approximate surface area is 139 Å². The molecule has 0 unspecified atom stereocenters. The number of nitrogens with zero attached hydrogens (tertiary/aromatic N) is 5. The zero-order valence-corrected chi connectivity index (χ0v) is 13.2. The molecule has 4 rings (SSSR count). The maximum absolute atomic E-state index is 5.81. The maximum atomic E-state index is 5.81. The van der Waals surface area contributed by atoms with Crippen LogP contribution in [0.3, 0.4) is 0 Å². The number of aromatic nitrogens is 5. The van der Waals surface area contributed by atoms with Gasteiger partial charge in [-0.1, -0.05) is 37.5 Å². The summed E-state index contributed by atoms with van der Waals surface area (Å²) in [6.45, 7) is 0. The summed E-state index contributed by atoms with van der Waals surface area (Å²) in [6, 6.07) is 9.96. The summed E-state index contributed by atoms with van der Waals surface area (Å²) in [5, 5.41) is 7.77. The SMILES string of the molecule is Nc1nc(NC2CCCCC2)n2nc(Oc3ccccc3)nc2n1. The standard InChI is InChI=1S/C16H19N7O/c17-13-19-14(18-11-7-3-1-4-8-11)23-15(20-13)21-16(22-23)24-12-9-5-2-6-10-12/h2,5-6,9-11H,1,3-4,7-8H2,(H3,17,18,19,20,21,22). The second-order valence-electron chi connectivity index (χ2n) is 5.91. The minimum absolute atomic E-state index is 0.166. The Morgan fingerprint density at radius 2 is 1.83 bits per heavy atom. The molecule has 1 aliphatic carbocycles. The van der Waals surface area contributed by atoms with Crippen molar-refractivity contribution in [3.63, 3.8) is 0 Å². The molecule has 0 radical (unpaired) electrons. The highest BCUT2D eigenvalue weighted by molar-refractivity contribution is 5.44. The van der Waals surface area contributed by atoms with Gasteiger partial charge in [0.1, 0.15) is 5.75 Å². The Bertz CT molecular complexity index is 827. The quantitative estimate of drug-likeness (QED) is 0.760. The van der Waals surface area contributed by atoms with E-state index in [0.717, 1.165) is 12.8 Å². The zero-order chi connectivity index (χ0) is 16.4. The normalized spacial score (nSPS) is 15.5. The molecule has 124 valence electrons. The molecule has 2 heterocycles. The van der Waals surface area contributed by atoms with Crippen LogP contribution < -0.4 is 15.8 Å². The van der Waals surface area contributed by atoms with Gasteiger partial charge < -0.3 is 15.8 Å². The summed E-state index contributed by atoms with van der Waals surface area (Å²) < 4.78 is 7.21. The predicted octanol–water partition coefficient (Wildman–Crippen LogP) is 2.64. The van der Waals surface area contributed by atoms with Crippen molar-refractivity contribution < 1.29 is 4.74 Å². The van der Waals surface area contributed by atoms with Gasteiger partial charge in [-0.15, -0.1) is 5.10 Å². The molecule has 0 aliphatic heterocycles. The molecule has 2 aromatic heterocycles. The minimum Gasteiger partial charge on any atom is -0.423 e. The molecule has 0 atom stereocenters.